The van der Waals surface area contributed by atoms with Gasteiger partial charge in [-0.25, -0.2) is 4.21 Å². The Kier molecular flexibility index (Phi) is 4.11. The molecule has 4 N–H and O–H groups in total. The summed E-state index contributed by atoms with van der Waals surface area (Å²) < 4.78 is 47.2. The lowest BCUT2D eigenvalue weighted by molar-refractivity contribution is 0.478. The van der Waals surface area contributed by atoms with Gasteiger partial charge in [0.2, 0.25) is 0 Å². The van der Waals surface area contributed by atoms with E-state index in [2.05, 4.69) is 0 Å². The Morgan fingerprint density at radius 1 is 1.55 bits per heavy atom. The highest BCUT2D eigenvalue weighted by Gasteiger charge is 2.20. The van der Waals surface area contributed by atoms with Crippen molar-refractivity contribution < 1.29 is 21.7 Å². The van der Waals surface area contributed by atoms with Crippen LogP contribution in [0.3, 0.4) is 0 Å². The van der Waals surface area contributed by atoms with Crippen LogP contribution in [0, 0.1) is 0 Å². The Morgan fingerprint density at radius 2 is 2.00 bits per heavy atom. The van der Waals surface area contributed by atoms with Crippen molar-refractivity contribution in [3.63, 3.8) is 0 Å². The number of hydrogen-bond donors (Lipinski definition) is 3. The van der Waals surface area contributed by atoms with Crippen molar-refractivity contribution in [1.29, 1.82) is 0 Å². The normalized spacial score (nSPS) is 17.7. The minimum Gasteiger partial charge on any atom is -0.329 e. The lowest BCUT2D eigenvalue weighted by atomic mass is 10.5. The van der Waals surface area contributed by atoms with Gasteiger partial charge in [-0.1, -0.05) is 0 Å². The van der Waals surface area contributed by atoms with Gasteiger partial charge in [0.25, 0.3) is 10.1 Å². The van der Waals surface area contributed by atoms with Gasteiger partial charge in [0.15, 0.2) is 11.1 Å². The third-order valence-electron chi connectivity index (χ3n) is 0.945. The summed E-state index contributed by atoms with van der Waals surface area (Å²) in [5.74, 6) is -0.785. The molecule has 0 aliphatic rings. The first-order valence-corrected chi connectivity index (χ1v) is 5.39. The molecule has 0 spiro atoms. The van der Waals surface area contributed by atoms with Crippen molar-refractivity contribution in [3.05, 3.63) is 0 Å². The van der Waals surface area contributed by atoms with Gasteiger partial charge in [-0.15, -0.1) is 0 Å². The molecule has 6 nitrogen and oxygen atoms in total. The Balaban J connectivity index is 4.22. The van der Waals surface area contributed by atoms with Gasteiger partial charge in [-0.05, 0) is 0 Å². The summed E-state index contributed by atoms with van der Waals surface area (Å²) in [4.78, 5) is 0. The van der Waals surface area contributed by atoms with Crippen LogP contribution in [0.5, 0.6) is 0 Å². The van der Waals surface area contributed by atoms with E-state index in [9.17, 15) is 12.6 Å². The van der Waals surface area contributed by atoms with E-state index < -0.39 is 32.2 Å². The fourth-order valence-corrected chi connectivity index (χ4v) is 2.20. The monoisotopic (exact) mass is 203 g/mol. The average molecular weight is 203 g/mol. The average Bonchev–Trinajstić information content (AvgIpc) is 1.80. The predicted octanol–water partition coefficient (Wildman–Crippen LogP) is -1.58. The first-order valence-electron chi connectivity index (χ1n) is 2.61. The van der Waals surface area contributed by atoms with E-state index in [-0.39, 0.29) is 6.54 Å². The van der Waals surface area contributed by atoms with E-state index in [1.54, 1.807) is 0 Å². The van der Waals surface area contributed by atoms with E-state index in [0.717, 1.165) is 0 Å². The highest BCUT2D eigenvalue weighted by Crippen LogP contribution is 1.95. The van der Waals surface area contributed by atoms with E-state index >= 15 is 0 Å². The SMILES string of the molecule is NCC(CS(=O)(=O)O)S(=O)O. The summed E-state index contributed by atoms with van der Waals surface area (Å²) in [5, 5.41) is -1.12. The molecular formula is C3H9NO5S2. The number of nitrogens with two attached hydrogens (primary N) is 1. The highest BCUT2D eigenvalue weighted by molar-refractivity contribution is 7.87. The van der Waals surface area contributed by atoms with Gasteiger partial charge in [0.1, 0.15) is 0 Å². The standard InChI is InChI=1S/C3H9NO5S2/c4-1-3(10(5)6)2-11(7,8)9/h3H,1-2,4H2,(H,5,6)(H,7,8,9). The molecule has 0 aromatic rings. The van der Waals surface area contributed by atoms with Gasteiger partial charge >= 0.3 is 0 Å². The van der Waals surface area contributed by atoms with E-state index in [4.69, 9.17) is 14.8 Å². The molecule has 2 atom stereocenters. The maximum atomic E-state index is 10.3. The third kappa shape index (κ3) is 5.27. The molecule has 0 saturated carbocycles. The third-order valence-corrected chi connectivity index (χ3v) is 2.91. The minimum atomic E-state index is -4.21. The summed E-state index contributed by atoms with van der Waals surface area (Å²) in [7, 11) is -4.21. The topological polar surface area (TPSA) is 118 Å². The zero-order valence-electron chi connectivity index (χ0n) is 5.50. The van der Waals surface area contributed by atoms with Crippen LogP contribution in [0.25, 0.3) is 0 Å². The van der Waals surface area contributed by atoms with Crippen molar-refractivity contribution in [2.45, 2.75) is 5.25 Å². The van der Waals surface area contributed by atoms with Gasteiger partial charge in [-0.2, -0.15) is 8.42 Å². The Labute approximate surface area is 66.8 Å². The van der Waals surface area contributed by atoms with E-state index in [0.29, 0.717) is 0 Å². The molecule has 0 aliphatic carbocycles. The second-order valence-electron chi connectivity index (χ2n) is 1.88. The summed E-state index contributed by atoms with van der Waals surface area (Å²) in [5.41, 5.74) is 4.95. The molecule has 0 radical (unpaired) electrons. The fourth-order valence-electron chi connectivity index (χ4n) is 0.443. The molecule has 0 aromatic carbocycles. The summed E-state index contributed by atoms with van der Waals surface area (Å²) in [6, 6.07) is 0. The van der Waals surface area contributed by atoms with Gasteiger partial charge in [-0.3, -0.25) is 4.55 Å². The van der Waals surface area contributed by atoms with Crippen molar-refractivity contribution in [3.8, 4) is 0 Å². The molecule has 8 heteroatoms. The van der Waals surface area contributed by atoms with Crippen LogP contribution in [0.4, 0.5) is 0 Å². The molecule has 0 aromatic heterocycles. The zero-order valence-corrected chi connectivity index (χ0v) is 7.14. The van der Waals surface area contributed by atoms with Crippen LogP contribution in [0.1, 0.15) is 0 Å². The van der Waals surface area contributed by atoms with Crippen LogP contribution in [0.2, 0.25) is 0 Å². The van der Waals surface area contributed by atoms with Crippen molar-refractivity contribution in [2.24, 2.45) is 5.73 Å². The lowest BCUT2D eigenvalue weighted by Crippen LogP contribution is -2.32. The van der Waals surface area contributed by atoms with Crippen LogP contribution in [-0.4, -0.2) is 39.3 Å². The quantitative estimate of drug-likeness (QED) is 0.375. The maximum Gasteiger partial charge on any atom is 0.266 e. The van der Waals surface area contributed by atoms with Crippen LogP contribution < -0.4 is 5.73 Å². The highest BCUT2D eigenvalue weighted by atomic mass is 32.2. The lowest BCUT2D eigenvalue weighted by Gasteiger charge is -2.06. The maximum absolute atomic E-state index is 10.3. The zero-order chi connectivity index (χ0) is 9.07. The van der Waals surface area contributed by atoms with E-state index in [1.165, 1.54) is 0 Å². The van der Waals surface area contributed by atoms with Crippen molar-refractivity contribution >= 4 is 21.2 Å². The first kappa shape index (κ1) is 11.0. The molecule has 0 rings (SSSR count). The summed E-state index contributed by atoms with van der Waals surface area (Å²) in [6.45, 7) is -0.261. The second kappa shape index (κ2) is 4.12. The fraction of sp³-hybridized carbons (Fsp3) is 1.00. The molecule has 2 unspecified atom stereocenters. The molecule has 0 fully saturated rings. The largest absolute Gasteiger partial charge is 0.329 e. The molecule has 0 saturated heterocycles. The Bertz CT molecular complexity index is 234. The Hall–Kier alpha value is -0.0200. The van der Waals surface area contributed by atoms with Gasteiger partial charge in [0, 0.05) is 6.54 Å². The number of rotatable bonds is 4. The second-order valence-corrected chi connectivity index (χ2v) is 4.60. The van der Waals surface area contributed by atoms with Crippen molar-refractivity contribution in [1.82, 2.24) is 0 Å². The first-order chi connectivity index (χ1) is 4.87. The number of hydrogen-bond acceptors (Lipinski definition) is 4. The summed E-state index contributed by atoms with van der Waals surface area (Å²) in [6.07, 6.45) is 0. The predicted molar refractivity (Wildman–Crippen MR) is 40.0 cm³/mol. The van der Waals surface area contributed by atoms with Gasteiger partial charge < -0.3 is 10.3 Å². The smallest absolute Gasteiger partial charge is 0.266 e. The molecule has 0 bridgehead atoms. The van der Waals surface area contributed by atoms with Crippen molar-refractivity contribution in [2.75, 3.05) is 12.3 Å². The van der Waals surface area contributed by atoms with Crippen LogP contribution >= 0.6 is 0 Å². The Morgan fingerprint density at radius 3 is 2.09 bits per heavy atom. The molecule has 68 valence electrons. The minimum absolute atomic E-state index is 0.261. The van der Waals surface area contributed by atoms with Crippen LogP contribution in [0.15, 0.2) is 0 Å². The molecule has 0 aliphatic heterocycles. The molecule has 0 heterocycles. The summed E-state index contributed by atoms with van der Waals surface area (Å²) >= 11 is -2.31. The van der Waals surface area contributed by atoms with E-state index in [1.807, 2.05) is 0 Å². The molecule has 11 heavy (non-hydrogen) atoms. The molecular weight excluding hydrogens is 194 g/mol. The van der Waals surface area contributed by atoms with Crippen LogP contribution in [-0.2, 0) is 21.2 Å². The van der Waals surface area contributed by atoms with Gasteiger partial charge in [0.05, 0.1) is 11.0 Å². The molecule has 0 amide bonds.